The van der Waals surface area contributed by atoms with Gasteiger partial charge in [0, 0.05) is 24.0 Å². The van der Waals surface area contributed by atoms with Gasteiger partial charge in [-0.25, -0.2) is 9.97 Å². The number of benzene rings is 1. The summed E-state index contributed by atoms with van der Waals surface area (Å²) in [6.45, 7) is 0.310. The minimum Gasteiger partial charge on any atom is -0.486 e. The van der Waals surface area contributed by atoms with Crippen LogP contribution in [0.1, 0.15) is 17.2 Å². The van der Waals surface area contributed by atoms with Crippen LogP contribution < -0.4 is 4.74 Å². The maximum Gasteiger partial charge on any atom is 0.199 e. The Bertz CT molecular complexity index is 1000. The highest BCUT2D eigenvalue weighted by atomic mass is 35.5. The molecule has 0 unspecified atom stereocenters. The van der Waals surface area contributed by atoms with Gasteiger partial charge in [0.05, 0.1) is 12.6 Å². The number of rotatable bonds is 5. The van der Waals surface area contributed by atoms with Crippen LogP contribution in [0.2, 0.25) is 5.15 Å². The topological polar surface area (TPSA) is 61.0 Å². The van der Waals surface area contributed by atoms with Gasteiger partial charge in [-0.1, -0.05) is 17.7 Å². The Hall–Kier alpha value is -2.92. The van der Waals surface area contributed by atoms with Crippen molar-refractivity contribution >= 4 is 22.4 Å². The lowest BCUT2D eigenvalue weighted by Gasteiger charge is -2.06. The predicted molar refractivity (Wildman–Crippen MR) is 94.6 cm³/mol. The van der Waals surface area contributed by atoms with E-state index in [0.717, 1.165) is 22.1 Å². The zero-order valence-corrected chi connectivity index (χ0v) is 14.0. The Labute approximate surface area is 149 Å². The van der Waals surface area contributed by atoms with Crippen molar-refractivity contribution in [3.05, 3.63) is 83.6 Å². The van der Waals surface area contributed by atoms with Crippen LogP contribution in [0, 0.1) is 0 Å². The fraction of sp³-hybridized carbons (Fsp3) is 0.105. The van der Waals surface area contributed by atoms with E-state index in [1.165, 1.54) is 0 Å². The van der Waals surface area contributed by atoms with Gasteiger partial charge in [-0.05, 0) is 41.3 Å². The summed E-state index contributed by atoms with van der Waals surface area (Å²) >= 11 is 6.07. The second-order valence-electron chi connectivity index (χ2n) is 5.53. The fourth-order valence-electron chi connectivity index (χ4n) is 2.54. The number of nitrogens with zero attached hydrogens (tertiary/aromatic N) is 3. The van der Waals surface area contributed by atoms with Gasteiger partial charge in [-0.15, -0.1) is 0 Å². The van der Waals surface area contributed by atoms with Crippen molar-refractivity contribution in [3.63, 3.8) is 0 Å². The van der Waals surface area contributed by atoms with E-state index >= 15 is 0 Å². The number of fused-ring (bicyclic) bond motifs is 1. The molecule has 0 aliphatic carbocycles. The Morgan fingerprint density at radius 3 is 2.88 bits per heavy atom. The van der Waals surface area contributed by atoms with Crippen LogP contribution in [0.15, 0.2) is 65.6 Å². The molecule has 3 aromatic heterocycles. The molecule has 4 aromatic rings. The second kappa shape index (κ2) is 6.91. The van der Waals surface area contributed by atoms with Crippen LogP contribution in [0.3, 0.4) is 0 Å². The molecule has 0 saturated carbocycles. The predicted octanol–water partition coefficient (Wildman–Crippen LogP) is 4.44. The summed E-state index contributed by atoms with van der Waals surface area (Å²) in [4.78, 5) is 12.4. The van der Waals surface area contributed by atoms with Crippen molar-refractivity contribution in [3.8, 4) is 5.75 Å². The van der Waals surface area contributed by atoms with E-state index < -0.39 is 0 Å². The van der Waals surface area contributed by atoms with E-state index in [1.54, 1.807) is 24.8 Å². The van der Waals surface area contributed by atoms with Crippen molar-refractivity contribution in [2.75, 3.05) is 0 Å². The largest absolute Gasteiger partial charge is 0.486 e. The molecule has 0 N–H and O–H groups in total. The number of oxazole rings is 1. The molecule has 3 heterocycles. The molecule has 0 fully saturated rings. The minimum atomic E-state index is 0.310. The summed E-state index contributed by atoms with van der Waals surface area (Å²) in [7, 11) is 0. The first kappa shape index (κ1) is 15.6. The monoisotopic (exact) mass is 351 g/mol. The van der Waals surface area contributed by atoms with Gasteiger partial charge in [-0.2, -0.15) is 0 Å². The molecule has 0 atom stereocenters. The molecular formula is C19H14ClN3O2. The third kappa shape index (κ3) is 3.61. The Balaban J connectivity index is 1.43. The molecule has 0 saturated heterocycles. The van der Waals surface area contributed by atoms with Crippen LogP contribution in [0.4, 0.5) is 0 Å². The van der Waals surface area contributed by atoms with Crippen LogP contribution >= 0.6 is 11.6 Å². The fourth-order valence-corrected chi connectivity index (χ4v) is 2.77. The third-order valence-corrected chi connectivity index (χ3v) is 4.05. The normalized spacial score (nSPS) is 10.9. The van der Waals surface area contributed by atoms with Gasteiger partial charge in [0.25, 0.3) is 0 Å². The second-order valence-corrected chi connectivity index (χ2v) is 5.89. The minimum absolute atomic E-state index is 0.310. The maximum absolute atomic E-state index is 6.07. The number of ether oxygens (including phenoxy) is 1. The molecule has 124 valence electrons. The van der Waals surface area contributed by atoms with Gasteiger partial charge >= 0.3 is 0 Å². The quantitative estimate of drug-likeness (QED) is 0.497. The highest BCUT2D eigenvalue weighted by Crippen LogP contribution is 2.25. The molecule has 1 aromatic carbocycles. The molecule has 5 nitrogen and oxygen atoms in total. The number of hydrogen-bond donors (Lipinski definition) is 0. The summed E-state index contributed by atoms with van der Waals surface area (Å²) in [5, 5.41) is 2.36. The number of aromatic nitrogens is 3. The molecule has 25 heavy (non-hydrogen) atoms. The molecule has 0 aliphatic heterocycles. The average Bonchev–Trinajstić information content (AvgIpc) is 3.08. The molecular weight excluding hydrogens is 338 g/mol. The van der Waals surface area contributed by atoms with Gasteiger partial charge < -0.3 is 9.15 Å². The lowest BCUT2D eigenvalue weighted by atomic mass is 10.2. The molecule has 0 bridgehead atoms. The van der Waals surface area contributed by atoms with E-state index in [0.29, 0.717) is 29.8 Å². The van der Waals surface area contributed by atoms with Crippen molar-refractivity contribution < 1.29 is 9.15 Å². The van der Waals surface area contributed by atoms with E-state index in [9.17, 15) is 0 Å². The molecule has 0 spiro atoms. The summed E-state index contributed by atoms with van der Waals surface area (Å²) in [6, 6.07) is 11.5. The Morgan fingerprint density at radius 1 is 1.04 bits per heavy atom. The Morgan fingerprint density at radius 2 is 2.00 bits per heavy atom. The van der Waals surface area contributed by atoms with Crippen molar-refractivity contribution in [2.45, 2.75) is 13.0 Å². The SMILES string of the molecule is Clc1nccc2cc(OCc3cnc(Cc4cccnc4)o3)ccc12. The van der Waals surface area contributed by atoms with Crippen molar-refractivity contribution in [1.29, 1.82) is 0 Å². The van der Waals surface area contributed by atoms with Crippen LogP contribution in [0.25, 0.3) is 10.8 Å². The highest BCUT2D eigenvalue weighted by molar-refractivity contribution is 6.34. The van der Waals surface area contributed by atoms with Crippen molar-refractivity contribution in [2.24, 2.45) is 0 Å². The van der Waals surface area contributed by atoms with Crippen molar-refractivity contribution in [1.82, 2.24) is 15.0 Å². The van der Waals surface area contributed by atoms with E-state index in [-0.39, 0.29) is 0 Å². The number of hydrogen-bond acceptors (Lipinski definition) is 5. The van der Waals surface area contributed by atoms with Gasteiger partial charge in [-0.3, -0.25) is 4.98 Å². The van der Waals surface area contributed by atoms with Crippen LogP contribution in [0.5, 0.6) is 5.75 Å². The third-order valence-electron chi connectivity index (χ3n) is 3.75. The van der Waals surface area contributed by atoms with E-state index in [1.807, 2.05) is 36.4 Å². The van der Waals surface area contributed by atoms with Crippen LogP contribution in [-0.2, 0) is 13.0 Å². The molecule has 0 radical (unpaired) electrons. The maximum atomic E-state index is 6.07. The van der Waals surface area contributed by atoms with E-state index in [4.69, 9.17) is 20.8 Å². The van der Waals surface area contributed by atoms with Gasteiger partial charge in [0.15, 0.2) is 11.7 Å². The number of pyridine rings is 2. The molecule has 0 amide bonds. The zero-order valence-electron chi connectivity index (χ0n) is 13.2. The smallest absolute Gasteiger partial charge is 0.199 e. The Kier molecular flexibility index (Phi) is 4.31. The highest BCUT2D eigenvalue weighted by Gasteiger charge is 2.07. The summed E-state index contributed by atoms with van der Waals surface area (Å²) < 4.78 is 11.5. The van der Waals surface area contributed by atoms with E-state index in [2.05, 4.69) is 15.0 Å². The lowest BCUT2D eigenvalue weighted by Crippen LogP contribution is -1.94. The first-order valence-electron chi connectivity index (χ1n) is 7.77. The zero-order chi connectivity index (χ0) is 17.1. The molecule has 4 rings (SSSR count). The van der Waals surface area contributed by atoms with Gasteiger partial charge in [0.1, 0.15) is 17.5 Å². The summed E-state index contributed by atoms with van der Waals surface area (Å²) in [5.74, 6) is 2.05. The molecule has 6 heteroatoms. The summed E-state index contributed by atoms with van der Waals surface area (Å²) in [6.07, 6.45) is 7.51. The summed E-state index contributed by atoms with van der Waals surface area (Å²) in [5.41, 5.74) is 1.05. The standard InChI is InChI=1S/C19H14ClN3O2/c20-19-17-4-3-15(9-14(17)5-7-22-19)24-12-16-11-23-18(25-16)8-13-2-1-6-21-10-13/h1-7,9-11H,8,12H2. The number of halogens is 1. The first-order chi connectivity index (χ1) is 12.3. The lowest BCUT2D eigenvalue weighted by molar-refractivity contribution is 0.266. The molecule has 0 aliphatic rings. The van der Waals surface area contributed by atoms with Gasteiger partial charge in [0.2, 0.25) is 0 Å². The van der Waals surface area contributed by atoms with Crippen LogP contribution in [-0.4, -0.2) is 15.0 Å². The first-order valence-corrected chi connectivity index (χ1v) is 8.15. The average molecular weight is 352 g/mol.